The molecule has 0 spiro atoms. The molecule has 2 N–H and O–H groups in total. The summed E-state index contributed by atoms with van der Waals surface area (Å²) in [6.07, 6.45) is 5.43. The fourth-order valence-corrected chi connectivity index (χ4v) is 2.32. The Morgan fingerprint density at radius 2 is 2.36 bits per heavy atom. The number of ether oxygens (including phenoxy) is 2. The molecule has 3 unspecified atom stereocenters. The Morgan fingerprint density at radius 3 is 2.93 bits per heavy atom. The number of rotatable bonds is 2. The molecule has 1 fully saturated rings. The molecule has 3 nitrogen and oxygen atoms in total. The Bertz CT molecular complexity index is 227. The third kappa shape index (κ3) is 1.93. The molecule has 0 aromatic rings. The van der Waals surface area contributed by atoms with Gasteiger partial charge in [-0.15, -0.1) is 0 Å². The van der Waals surface area contributed by atoms with Crippen LogP contribution in [-0.2, 0) is 9.47 Å². The molecule has 0 aromatic carbocycles. The zero-order valence-corrected chi connectivity index (χ0v) is 8.74. The van der Waals surface area contributed by atoms with Gasteiger partial charge in [0.05, 0.1) is 19.0 Å². The molecule has 80 valence electrons. The van der Waals surface area contributed by atoms with Crippen LogP contribution in [-0.4, -0.2) is 25.4 Å². The predicted octanol–water partition coefficient (Wildman–Crippen LogP) is 1.43. The van der Waals surface area contributed by atoms with Crippen LogP contribution in [0.5, 0.6) is 0 Å². The van der Waals surface area contributed by atoms with Gasteiger partial charge in [0.2, 0.25) is 0 Å². The summed E-state index contributed by atoms with van der Waals surface area (Å²) in [4.78, 5) is 0. The van der Waals surface area contributed by atoms with Gasteiger partial charge in [-0.3, -0.25) is 0 Å². The molecule has 0 aromatic heterocycles. The summed E-state index contributed by atoms with van der Waals surface area (Å²) in [6, 6.07) is 0.132. The number of hydrogen-bond acceptors (Lipinski definition) is 3. The standard InChI is InChI=1S/C11H19NO2/c1-8-10(4-6-14-8)11(12)9-3-2-5-13-7-9/h7-8,10-11H,2-6,12H2,1H3. The summed E-state index contributed by atoms with van der Waals surface area (Å²) in [5, 5.41) is 0. The molecule has 0 aliphatic carbocycles. The zero-order valence-electron chi connectivity index (χ0n) is 8.74. The second-order valence-electron chi connectivity index (χ2n) is 4.22. The Kier molecular flexibility index (Phi) is 3.08. The average Bonchev–Trinajstić information content (AvgIpc) is 2.65. The van der Waals surface area contributed by atoms with Gasteiger partial charge in [-0.1, -0.05) is 0 Å². The first-order valence-corrected chi connectivity index (χ1v) is 5.47. The van der Waals surface area contributed by atoms with Crippen molar-refractivity contribution < 1.29 is 9.47 Å². The number of nitrogens with two attached hydrogens (primary N) is 1. The summed E-state index contributed by atoms with van der Waals surface area (Å²) in [5.41, 5.74) is 7.48. The van der Waals surface area contributed by atoms with Gasteiger partial charge in [0.15, 0.2) is 0 Å². The van der Waals surface area contributed by atoms with Gasteiger partial charge in [0.1, 0.15) is 0 Å². The minimum Gasteiger partial charge on any atom is -0.501 e. The molecule has 2 aliphatic rings. The molecule has 2 rings (SSSR count). The van der Waals surface area contributed by atoms with Crippen LogP contribution in [0.1, 0.15) is 26.2 Å². The van der Waals surface area contributed by atoms with Crippen LogP contribution in [0, 0.1) is 5.92 Å². The van der Waals surface area contributed by atoms with Gasteiger partial charge in [-0.2, -0.15) is 0 Å². The van der Waals surface area contributed by atoms with Crippen LogP contribution in [0.25, 0.3) is 0 Å². The quantitative estimate of drug-likeness (QED) is 0.728. The minimum atomic E-state index is 0.132. The van der Waals surface area contributed by atoms with Gasteiger partial charge >= 0.3 is 0 Å². The molecule has 3 atom stereocenters. The van der Waals surface area contributed by atoms with Crippen molar-refractivity contribution in [3.63, 3.8) is 0 Å². The van der Waals surface area contributed by atoms with E-state index in [1.807, 2.05) is 6.26 Å². The minimum absolute atomic E-state index is 0.132. The van der Waals surface area contributed by atoms with Crippen LogP contribution in [0.3, 0.4) is 0 Å². The maximum atomic E-state index is 6.22. The summed E-state index contributed by atoms with van der Waals surface area (Å²) in [7, 11) is 0. The fourth-order valence-electron chi connectivity index (χ4n) is 2.32. The summed E-state index contributed by atoms with van der Waals surface area (Å²) >= 11 is 0. The van der Waals surface area contributed by atoms with Crippen LogP contribution < -0.4 is 5.73 Å². The average molecular weight is 197 g/mol. The predicted molar refractivity (Wildman–Crippen MR) is 54.8 cm³/mol. The molecule has 0 radical (unpaired) electrons. The van der Waals surface area contributed by atoms with Gasteiger partial charge in [0, 0.05) is 18.6 Å². The highest BCUT2D eigenvalue weighted by atomic mass is 16.5. The monoisotopic (exact) mass is 197 g/mol. The van der Waals surface area contributed by atoms with E-state index in [0.29, 0.717) is 12.0 Å². The van der Waals surface area contributed by atoms with Crippen LogP contribution in [0.4, 0.5) is 0 Å². The lowest BCUT2D eigenvalue weighted by Gasteiger charge is -2.26. The second-order valence-corrected chi connectivity index (χ2v) is 4.22. The van der Waals surface area contributed by atoms with Gasteiger partial charge in [-0.25, -0.2) is 0 Å². The third-order valence-electron chi connectivity index (χ3n) is 3.29. The van der Waals surface area contributed by atoms with E-state index in [-0.39, 0.29) is 6.04 Å². The van der Waals surface area contributed by atoms with E-state index in [2.05, 4.69) is 6.92 Å². The topological polar surface area (TPSA) is 44.5 Å². The van der Waals surface area contributed by atoms with E-state index < -0.39 is 0 Å². The first-order valence-electron chi connectivity index (χ1n) is 5.47. The van der Waals surface area contributed by atoms with Crippen LogP contribution in [0.2, 0.25) is 0 Å². The molecule has 2 heterocycles. The molecule has 14 heavy (non-hydrogen) atoms. The normalized spacial score (nSPS) is 34.9. The van der Waals surface area contributed by atoms with Crippen molar-refractivity contribution in [1.82, 2.24) is 0 Å². The van der Waals surface area contributed by atoms with E-state index in [4.69, 9.17) is 15.2 Å². The Balaban J connectivity index is 1.99. The third-order valence-corrected chi connectivity index (χ3v) is 3.29. The SMILES string of the molecule is CC1OCCC1C(N)C1=COCCC1. The first-order chi connectivity index (χ1) is 6.79. The van der Waals surface area contributed by atoms with E-state index in [0.717, 1.165) is 32.5 Å². The van der Waals surface area contributed by atoms with Crippen LogP contribution >= 0.6 is 0 Å². The maximum absolute atomic E-state index is 6.22. The van der Waals surface area contributed by atoms with Crippen molar-refractivity contribution in [2.45, 2.75) is 38.3 Å². The highest BCUT2D eigenvalue weighted by Gasteiger charge is 2.32. The molecule has 1 saturated heterocycles. The second kappa shape index (κ2) is 4.32. The Morgan fingerprint density at radius 1 is 1.50 bits per heavy atom. The van der Waals surface area contributed by atoms with E-state index >= 15 is 0 Å². The molecule has 0 saturated carbocycles. The molecule has 2 aliphatic heterocycles. The van der Waals surface area contributed by atoms with Crippen molar-refractivity contribution >= 4 is 0 Å². The van der Waals surface area contributed by atoms with Crippen molar-refractivity contribution in [2.24, 2.45) is 11.7 Å². The Hall–Kier alpha value is -0.540. The largest absolute Gasteiger partial charge is 0.501 e. The first kappa shape index (κ1) is 9.99. The van der Waals surface area contributed by atoms with E-state index in [1.165, 1.54) is 5.57 Å². The summed E-state index contributed by atoms with van der Waals surface area (Å²) < 4.78 is 10.8. The van der Waals surface area contributed by atoms with E-state index in [9.17, 15) is 0 Å². The van der Waals surface area contributed by atoms with Crippen molar-refractivity contribution in [3.8, 4) is 0 Å². The van der Waals surface area contributed by atoms with Gasteiger partial charge in [0.25, 0.3) is 0 Å². The summed E-state index contributed by atoms with van der Waals surface area (Å²) in [6.45, 7) is 3.81. The molecular weight excluding hydrogens is 178 g/mol. The summed E-state index contributed by atoms with van der Waals surface area (Å²) in [5.74, 6) is 0.475. The van der Waals surface area contributed by atoms with Crippen molar-refractivity contribution in [2.75, 3.05) is 13.2 Å². The molecule has 3 heteroatoms. The van der Waals surface area contributed by atoms with E-state index in [1.54, 1.807) is 0 Å². The van der Waals surface area contributed by atoms with Gasteiger partial charge in [-0.05, 0) is 31.8 Å². The Labute approximate surface area is 85.3 Å². The zero-order chi connectivity index (χ0) is 9.97. The van der Waals surface area contributed by atoms with Gasteiger partial charge < -0.3 is 15.2 Å². The smallest absolute Gasteiger partial charge is 0.0876 e. The fraction of sp³-hybridized carbons (Fsp3) is 0.818. The van der Waals surface area contributed by atoms with Crippen molar-refractivity contribution in [1.29, 1.82) is 0 Å². The molecule has 0 bridgehead atoms. The maximum Gasteiger partial charge on any atom is 0.0876 e. The molecular formula is C11H19NO2. The van der Waals surface area contributed by atoms with Crippen molar-refractivity contribution in [3.05, 3.63) is 11.8 Å². The highest BCUT2D eigenvalue weighted by molar-refractivity contribution is 5.12. The lowest BCUT2D eigenvalue weighted by atomic mass is 9.87. The number of hydrogen-bond donors (Lipinski definition) is 1. The lowest BCUT2D eigenvalue weighted by molar-refractivity contribution is 0.101. The van der Waals surface area contributed by atoms with Crippen LogP contribution in [0.15, 0.2) is 11.8 Å². The highest BCUT2D eigenvalue weighted by Crippen LogP contribution is 2.28. The lowest BCUT2D eigenvalue weighted by Crippen LogP contribution is -2.36. The molecule has 0 amide bonds.